The average molecular weight is 275 g/mol. The van der Waals surface area contributed by atoms with Crippen molar-refractivity contribution in [3.63, 3.8) is 0 Å². The second kappa shape index (κ2) is 7.12. The Bertz CT molecular complexity index is 225. The van der Waals surface area contributed by atoms with Crippen molar-refractivity contribution in [2.45, 2.75) is 58.4 Å². The minimum absolute atomic E-state index is 0. The molecular weight excluding hydrogens is 244 g/mol. The molecule has 0 aromatic heterocycles. The van der Waals surface area contributed by atoms with Crippen molar-refractivity contribution >= 4 is 12.4 Å². The summed E-state index contributed by atoms with van der Waals surface area (Å²) >= 11 is 0. The first-order valence-corrected chi connectivity index (χ1v) is 7.49. The lowest BCUT2D eigenvalue weighted by Crippen LogP contribution is -2.43. The molecule has 1 aliphatic carbocycles. The minimum atomic E-state index is 0. The summed E-state index contributed by atoms with van der Waals surface area (Å²) in [5, 5.41) is 3.41. The second-order valence-electron chi connectivity index (χ2n) is 6.97. The van der Waals surface area contributed by atoms with Gasteiger partial charge in [-0.15, -0.1) is 12.4 Å². The SMILES string of the molecule is CNC1CCN(CC2CCC(C)(C)CC2)CC1.Cl. The van der Waals surface area contributed by atoms with Crippen molar-refractivity contribution in [1.82, 2.24) is 10.2 Å². The summed E-state index contributed by atoms with van der Waals surface area (Å²) in [7, 11) is 2.10. The van der Waals surface area contributed by atoms with Crippen LogP contribution in [0.25, 0.3) is 0 Å². The van der Waals surface area contributed by atoms with Crippen molar-refractivity contribution in [2.75, 3.05) is 26.7 Å². The Labute approximate surface area is 119 Å². The highest BCUT2D eigenvalue weighted by molar-refractivity contribution is 5.85. The topological polar surface area (TPSA) is 15.3 Å². The molecule has 0 bridgehead atoms. The van der Waals surface area contributed by atoms with E-state index in [1.54, 1.807) is 0 Å². The van der Waals surface area contributed by atoms with Gasteiger partial charge in [0.2, 0.25) is 0 Å². The highest BCUT2D eigenvalue weighted by Crippen LogP contribution is 2.38. The van der Waals surface area contributed by atoms with Gasteiger partial charge in [-0.2, -0.15) is 0 Å². The number of nitrogens with zero attached hydrogens (tertiary/aromatic N) is 1. The maximum Gasteiger partial charge on any atom is 0.00884 e. The molecule has 2 fully saturated rings. The molecule has 1 heterocycles. The fourth-order valence-electron chi connectivity index (χ4n) is 3.41. The van der Waals surface area contributed by atoms with Crippen LogP contribution in [0.2, 0.25) is 0 Å². The molecule has 0 aromatic rings. The van der Waals surface area contributed by atoms with E-state index in [0.717, 1.165) is 12.0 Å². The van der Waals surface area contributed by atoms with Gasteiger partial charge in [0.25, 0.3) is 0 Å². The molecule has 0 unspecified atom stereocenters. The largest absolute Gasteiger partial charge is 0.317 e. The first-order chi connectivity index (χ1) is 8.09. The van der Waals surface area contributed by atoms with E-state index in [2.05, 4.69) is 31.1 Å². The van der Waals surface area contributed by atoms with Crippen LogP contribution >= 0.6 is 12.4 Å². The lowest BCUT2D eigenvalue weighted by Gasteiger charge is -2.38. The van der Waals surface area contributed by atoms with E-state index >= 15 is 0 Å². The molecule has 1 aliphatic heterocycles. The zero-order valence-electron chi connectivity index (χ0n) is 12.4. The molecule has 108 valence electrons. The minimum Gasteiger partial charge on any atom is -0.317 e. The Hall–Kier alpha value is 0.210. The molecule has 3 heteroatoms. The van der Waals surface area contributed by atoms with Gasteiger partial charge in [-0.3, -0.25) is 0 Å². The predicted octanol–water partition coefficient (Wildman–Crippen LogP) is 3.31. The van der Waals surface area contributed by atoms with Crippen LogP contribution < -0.4 is 5.32 Å². The third-order valence-electron chi connectivity index (χ3n) is 4.97. The quantitative estimate of drug-likeness (QED) is 0.849. The predicted molar refractivity (Wildman–Crippen MR) is 81.5 cm³/mol. The monoisotopic (exact) mass is 274 g/mol. The number of likely N-dealkylation sites (tertiary alicyclic amines) is 1. The van der Waals surface area contributed by atoms with Crippen LogP contribution in [0.15, 0.2) is 0 Å². The molecule has 0 spiro atoms. The van der Waals surface area contributed by atoms with E-state index in [-0.39, 0.29) is 12.4 Å². The Morgan fingerprint density at radius 3 is 2.11 bits per heavy atom. The molecule has 2 rings (SSSR count). The first-order valence-electron chi connectivity index (χ1n) is 7.49. The van der Waals surface area contributed by atoms with Gasteiger partial charge in [0.15, 0.2) is 0 Å². The summed E-state index contributed by atoms with van der Waals surface area (Å²) in [6, 6.07) is 0.775. The van der Waals surface area contributed by atoms with Crippen LogP contribution in [-0.4, -0.2) is 37.6 Å². The molecule has 1 saturated carbocycles. The lowest BCUT2D eigenvalue weighted by atomic mass is 9.73. The van der Waals surface area contributed by atoms with E-state index in [4.69, 9.17) is 0 Å². The zero-order valence-corrected chi connectivity index (χ0v) is 13.2. The summed E-state index contributed by atoms with van der Waals surface area (Å²) < 4.78 is 0. The lowest BCUT2D eigenvalue weighted by molar-refractivity contribution is 0.124. The fourth-order valence-corrected chi connectivity index (χ4v) is 3.41. The van der Waals surface area contributed by atoms with Crippen molar-refractivity contribution in [3.05, 3.63) is 0 Å². The first kappa shape index (κ1) is 16.3. The molecule has 18 heavy (non-hydrogen) atoms. The van der Waals surface area contributed by atoms with E-state index in [0.29, 0.717) is 5.41 Å². The number of halogens is 1. The van der Waals surface area contributed by atoms with Crippen molar-refractivity contribution in [1.29, 1.82) is 0 Å². The molecule has 1 saturated heterocycles. The third kappa shape index (κ3) is 4.71. The van der Waals surface area contributed by atoms with Gasteiger partial charge in [-0.05, 0) is 70.0 Å². The van der Waals surface area contributed by atoms with Crippen LogP contribution in [0.3, 0.4) is 0 Å². The van der Waals surface area contributed by atoms with Crippen molar-refractivity contribution < 1.29 is 0 Å². The molecule has 2 aliphatic rings. The highest BCUT2D eigenvalue weighted by atomic mass is 35.5. The average Bonchev–Trinajstić information content (AvgIpc) is 2.33. The third-order valence-corrected chi connectivity index (χ3v) is 4.97. The molecule has 0 aromatic carbocycles. The fraction of sp³-hybridized carbons (Fsp3) is 1.00. The van der Waals surface area contributed by atoms with Crippen molar-refractivity contribution in [2.24, 2.45) is 11.3 Å². The smallest absolute Gasteiger partial charge is 0.00884 e. The number of piperidine rings is 1. The summed E-state index contributed by atoms with van der Waals surface area (Å²) in [6.07, 6.45) is 8.47. The van der Waals surface area contributed by atoms with Gasteiger partial charge >= 0.3 is 0 Å². The summed E-state index contributed by atoms with van der Waals surface area (Å²) in [5.41, 5.74) is 0.621. The van der Waals surface area contributed by atoms with Gasteiger partial charge in [-0.25, -0.2) is 0 Å². The summed E-state index contributed by atoms with van der Waals surface area (Å²) in [4.78, 5) is 2.71. The van der Waals surface area contributed by atoms with E-state index in [9.17, 15) is 0 Å². The zero-order chi connectivity index (χ0) is 12.3. The standard InChI is InChI=1S/C15H30N2.ClH/c1-15(2)8-4-13(5-9-15)12-17-10-6-14(16-3)7-11-17;/h13-14,16H,4-12H2,1-3H3;1H. The van der Waals surface area contributed by atoms with E-state index in [1.165, 1.54) is 58.2 Å². The molecule has 0 atom stereocenters. The Morgan fingerprint density at radius 2 is 1.61 bits per heavy atom. The number of nitrogens with one attached hydrogen (secondary N) is 1. The highest BCUT2D eigenvalue weighted by Gasteiger charge is 2.28. The summed E-state index contributed by atoms with van der Waals surface area (Å²) in [6.45, 7) is 8.85. The molecule has 0 amide bonds. The number of hydrogen-bond acceptors (Lipinski definition) is 2. The van der Waals surface area contributed by atoms with Crippen LogP contribution in [0.1, 0.15) is 52.4 Å². The number of rotatable bonds is 3. The van der Waals surface area contributed by atoms with Gasteiger partial charge in [0.05, 0.1) is 0 Å². The van der Waals surface area contributed by atoms with Gasteiger partial charge in [0.1, 0.15) is 0 Å². The van der Waals surface area contributed by atoms with Gasteiger partial charge in [0, 0.05) is 12.6 Å². The molecular formula is C15H31ClN2. The maximum atomic E-state index is 3.41. The Morgan fingerprint density at radius 1 is 1.06 bits per heavy atom. The van der Waals surface area contributed by atoms with Crippen LogP contribution in [-0.2, 0) is 0 Å². The molecule has 2 nitrogen and oxygen atoms in total. The van der Waals surface area contributed by atoms with Gasteiger partial charge < -0.3 is 10.2 Å². The van der Waals surface area contributed by atoms with Crippen LogP contribution in [0, 0.1) is 11.3 Å². The van der Waals surface area contributed by atoms with Crippen molar-refractivity contribution in [3.8, 4) is 0 Å². The maximum absolute atomic E-state index is 3.41. The molecule has 1 N–H and O–H groups in total. The molecule has 0 radical (unpaired) electrons. The van der Waals surface area contributed by atoms with Crippen LogP contribution in [0.5, 0.6) is 0 Å². The van der Waals surface area contributed by atoms with E-state index in [1.807, 2.05) is 0 Å². The summed E-state index contributed by atoms with van der Waals surface area (Å²) in [5.74, 6) is 0.981. The Kier molecular flexibility index (Phi) is 6.43. The van der Waals surface area contributed by atoms with Gasteiger partial charge in [-0.1, -0.05) is 13.8 Å². The number of hydrogen-bond donors (Lipinski definition) is 1. The van der Waals surface area contributed by atoms with E-state index < -0.39 is 0 Å². The van der Waals surface area contributed by atoms with Crippen LogP contribution in [0.4, 0.5) is 0 Å². The normalized spacial score (nSPS) is 26.8. The second-order valence-corrected chi connectivity index (χ2v) is 6.97. The Balaban J connectivity index is 0.00000162.